The number of amides is 1. The minimum atomic E-state index is -1.08. The molecule has 0 spiro atoms. The van der Waals surface area contributed by atoms with E-state index in [1.807, 2.05) is 0 Å². The Morgan fingerprint density at radius 2 is 2.06 bits per heavy atom. The van der Waals surface area contributed by atoms with E-state index in [1.54, 1.807) is 13.8 Å². The maximum absolute atomic E-state index is 11.8. The number of carbonyl (C=O) groups is 2. The van der Waals surface area contributed by atoms with Gasteiger partial charge in [-0.15, -0.1) is 0 Å². The van der Waals surface area contributed by atoms with Gasteiger partial charge in [-0.1, -0.05) is 0 Å². The van der Waals surface area contributed by atoms with Crippen molar-refractivity contribution in [2.45, 2.75) is 44.4 Å². The summed E-state index contributed by atoms with van der Waals surface area (Å²) in [5.41, 5.74) is 5.03. The normalized spacial score (nSPS) is 25.9. The molecule has 1 rings (SSSR count). The summed E-state index contributed by atoms with van der Waals surface area (Å²) in [6.07, 6.45) is -0.596. The van der Waals surface area contributed by atoms with Crippen LogP contribution in [-0.2, 0) is 9.59 Å². The average Bonchev–Trinajstić information content (AvgIpc) is 2.44. The van der Waals surface area contributed by atoms with E-state index in [0.717, 1.165) is 0 Å². The molecule has 92 valence electrons. The third-order valence-corrected chi connectivity index (χ3v) is 2.49. The van der Waals surface area contributed by atoms with Crippen molar-refractivity contribution in [3.05, 3.63) is 0 Å². The Labute approximate surface area is 94.0 Å². The van der Waals surface area contributed by atoms with Crippen molar-refractivity contribution in [1.82, 2.24) is 4.90 Å². The fourth-order valence-electron chi connectivity index (χ4n) is 1.81. The number of β-amino-alcohol motifs (C(OH)–C–C–N with tert-alkyl or cyclic N) is 1. The molecule has 6 heteroatoms. The molecule has 0 saturated carbocycles. The number of carbonyl (C=O) groups excluding carboxylic acids is 1. The molecule has 16 heavy (non-hydrogen) atoms. The number of aliphatic hydroxyl groups excluding tert-OH is 1. The van der Waals surface area contributed by atoms with Gasteiger partial charge < -0.3 is 20.8 Å². The average molecular weight is 230 g/mol. The van der Waals surface area contributed by atoms with Crippen molar-refractivity contribution in [2.24, 2.45) is 5.73 Å². The van der Waals surface area contributed by atoms with Crippen LogP contribution in [0.1, 0.15) is 26.7 Å². The molecule has 0 aromatic carbocycles. The minimum Gasteiger partial charge on any atom is -0.480 e. The topological polar surface area (TPSA) is 104 Å². The van der Waals surface area contributed by atoms with Crippen LogP contribution in [0.5, 0.6) is 0 Å². The van der Waals surface area contributed by atoms with E-state index in [2.05, 4.69) is 0 Å². The summed E-state index contributed by atoms with van der Waals surface area (Å²) in [6.45, 7) is 3.48. The second kappa shape index (κ2) is 4.39. The lowest BCUT2D eigenvalue weighted by Gasteiger charge is -2.25. The zero-order chi connectivity index (χ0) is 12.5. The molecule has 1 saturated heterocycles. The highest BCUT2D eigenvalue weighted by Crippen LogP contribution is 2.20. The first-order valence-corrected chi connectivity index (χ1v) is 5.20. The van der Waals surface area contributed by atoms with Crippen molar-refractivity contribution in [2.75, 3.05) is 6.54 Å². The maximum Gasteiger partial charge on any atom is 0.326 e. The summed E-state index contributed by atoms with van der Waals surface area (Å²) < 4.78 is 0. The summed E-state index contributed by atoms with van der Waals surface area (Å²) in [6, 6.07) is -0.926. The van der Waals surface area contributed by atoms with Gasteiger partial charge in [-0.25, -0.2) is 4.79 Å². The van der Waals surface area contributed by atoms with Crippen molar-refractivity contribution in [3.63, 3.8) is 0 Å². The Morgan fingerprint density at radius 1 is 1.50 bits per heavy atom. The number of rotatable bonds is 3. The first-order valence-electron chi connectivity index (χ1n) is 5.20. The predicted octanol–water partition coefficient (Wildman–Crippen LogP) is -0.840. The molecule has 0 bridgehead atoms. The van der Waals surface area contributed by atoms with Gasteiger partial charge in [0.1, 0.15) is 6.04 Å². The monoisotopic (exact) mass is 230 g/mol. The molecular weight excluding hydrogens is 212 g/mol. The lowest BCUT2D eigenvalue weighted by atomic mass is 10.0. The van der Waals surface area contributed by atoms with Crippen LogP contribution >= 0.6 is 0 Å². The van der Waals surface area contributed by atoms with Crippen LogP contribution in [0.2, 0.25) is 0 Å². The largest absolute Gasteiger partial charge is 0.480 e. The van der Waals surface area contributed by atoms with E-state index >= 15 is 0 Å². The van der Waals surface area contributed by atoms with E-state index < -0.39 is 23.7 Å². The van der Waals surface area contributed by atoms with Crippen molar-refractivity contribution >= 4 is 11.9 Å². The molecule has 0 aromatic rings. The summed E-state index contributed by atoms with van der Waals surface area (Å²) >= 11 is 0. The zero-order valence-corrected chi connectivity index (χ0v) is 9.51. The molecule has 0 aliphatic carbocycles. The highest BCUT2D eigenvalue weighted by Gasteiger charge is 2.39. The molecule has 2 atom stereocenters. The van der Waals surface area contributed by atoms with Gasteiger partial charge in [0, 0.05) is 24.9 Å². The number of hydrogen-bond acceptors (Lipinski definition) is 4. The first kappa shape index (κ1) is 12.9. The van der Waals surface area contributed by atoms with Gasteiger partial charge in [0.25, 0.3) is 0 Å². The highest BCUT2D eigenvalue weighted by molar-refractivity contribution is 5.85. The summed E-state index contributed by atoms with van der Waals surface area (Å²) in [4.78, 5) is 23.9. The first-order chi connectivity index (χ1) is 7.20. The number of carboxylic acid groups (broad SMARTS) is 1. The number of likely N-dealkylation sites (tertiary alicyclic amines) is 1. The van der Waals surface area contributed by atoms with Crippen LogP contribution in [0.25, 0.3) is 0 Å². The predicted molar refractivity (Wildman–Crippen MR) is 56.6 cm³/mol. The van der Waals surface area contributed by atoms with Gasteiger partial charge in [-0.3, -0.25) is 4.79 Å². The van der Waals surface area contributed by atoms with Gasteiger partial charge in [-0.05, 0) is 13.8 Å². The SMILES string of the molecule is CC(C)(N)CC(=O)N1C[C@@H](O)C[C@H]1C(=O)O. The van der Waals surface area contributed by atoms with Gasteiger partial charge in [0.15, 0.2) is 0 Å². The highest BCUT2D eigenvalue weighted by atomic mass is 16.4. The Bertz CT molecular complexity index is 298. The number of aliphatic carboxylic acids is 1. The number of nitrogens with two attached hydrogens (primary N) is 1. The Hall–Kier alpha value is -1.14. The molecule has 1 aliphatic heterocycles. The Kier molecular flexibility index (Phi) is 3.54. The molecule has 1 fully saturated rings. The van der Waals surface area contributed by atoms with Crippen LogP contribution in [0.3, 0.4) is 0 Å². The van der Waals surface area contributed by atoms with Crippen LogP contribution in [0.15, 0.2) is 0 Å². The van der Waals surface area contributed by atoms with Crippen LogP contribution in [0, 0.1) is 0 Å². The smallest absolute Gasteiger partial charge is 0.326 e. The lowest BCUT2D eigenvalue weighted by Crippen LogP contribution is -2.45. The number of aliphatic hydroxyl groups is 1. The molecule has 0 unspecified atom stereocenters. The second-order valence-corrected chi connectivity index (χ2v) is 4.96. The fraction of sp³-hybridized carbons (Fsp3) is 0.800. The van der Waals surface area contributed by atoms with Gasteiger partial charge in [0.05, 0.1) is 6.10 Å². The van der Waals surface area contributed by atoms with E-state index in [0.29, 0.717) is 0 Å². The molecule has 0 aromatic heterocycles. The van der Waals surface area contributed by atoms with Crippen molar-refractivity contribution in [3.8, 4) is 0 Å². The van der Waals surface area contributed by atoms with E-state index in [1.165, 1.54) is 4.90 Å². The summed E-state index contributed by atoms with van der Waals surface area (Å²) in [5, 5.41) is 18.3. The lowest BCUT2D eigenvalue weighted by molar-refractivity contribution is -0.148. The number of hydrogen-bond donors (Lipinski definition) is 3. The molecule has 4 N–H and O–H groups in total. The molecule has 1 heterocycles. The second-order valence-electron chi connectivity index (χ2n) is 4.96. The minimum absolute atomic E-state index is 0.0729. The van der Waals surface area contributed by atoms with E-state index in [9.17, 15) is 14.7 Å². The van der Waals surface area contributed by atoms with Crippen LogP contribution in [-0.4, -0.2) is 51.2 Å². The molecule has 6 nitrogen and oxygen atoms in total. The van der Waals surface area contributed by atoms with Gasteiger partial charge in [-0.2, -0.15) is 0 Å². The third kappa shape index (κ3) is 3.18. The summed E-state index contributed by atoms with van der Waals surface area (Å²) in [7, 11) is 0. The van der Waals surface area contributed by atoms with Crippen molar-refractivity contribution in [1.29, 1.82) is 0 Å². The molecular formula is C10H18N2O4. The van der Waals surface area contributed by atoms with Crippen LogP contribution < -0.4 is 5.73 Å². The Morgan fingerprint density at radius 3 is 2.50 bits per heavy atom. The zero-order valence-electron chi connectivity index (χ0n) is 9.51. The summed E-state index contributed by atoms with van der Waals surface area (Å²) in [5.74, 6) is -1.41. The number of nitrogens with zero attached hydrogens (tertiary/aromatic N) is 1. The molecule has 1 amide bonds. The van der Waals surface area contributed by atoms with E-state index in [-0.39, 0.29) is 25.3 Å². The van der Waals surface area contributed by atoms with Crippen LogP contribution in [0.4, 0.5) is 0 Å². The quantitative estimate of drug-likeness (QED) is 0.586. The fourth-order valence-corrected chi connectivity index (χ4v) is 1.81. The Balaban J connectivity index is 2.71. The molecule has 0 radical (unpaired) electrons. The maximum atomic E-state index is 11.8. The van der Waals surface area contributed by atoms with Crippen molar-refractivity contribution < 1.29 is 19.8 Å². The standard InChI is InChI=1S/C10H18N2O4/c1-10(2,11)4-8(14)12-5-6(13)3-7(12)9(15)16/h6-7,13H,3-5,11H2,1-2H3,(H,15,16)/t6-,7-/m0/s1. The number of carboxylic acids is 1. The third-order valence-electron chi connectivity index (χ3n) is 2.49. The van der Waals surface area contributed by atoms with Gasteiger partial charge in [0.2, 0.25) is 5.91 Å². The van der Waals surface area contributed by atoms with Gasteiger partial charge >= 0.3 is 5.97 Å². The van der Waals surface area contributed by atoms with E-state index in [4.69, 9.17) is 10.8 Å². The molecule has 1 aliphatic rings.